The summed E-state index contributed by atoms with van der Waals surface area (Å²) in [4.78, 5) is 41.2. The zero-order chi connectivity index (χ0) is 24.1. The molecule has 11 heteroatoms. The van der Waals surface area contributed by atoms with Crippen molar-refractivity contribution in [3.63, 3.8) is 0 Å². The summed E-state index contributed by atoms with van der Waals surface area (Å²) >= 11 is 1.52. The minimum Gasteiger partial charge on any atom is -0.379 e. The largest absolute Gasteiger partial charge is 0.379 e. The van der Waals surface area contributed by atoms with E-state index in [1.165, 1.54) is 40.3 Å². The SMILES string of the molecule is CC(=O)N(CCN1CCOCC1)CC(=O)N1N=C(c2cccs2)CC1c1cccc([N+](=O)[O-])c1. The van der Waals surface area contributed by atoms with Gasteiger partial charge in [0, 0.05) is 51.7 Å². The van der Waals surface area contributed by atoms with Crippen LogP contribution >= 0.6 is 11.3 Å². The standard InChI is InChI=1S/C23H27N5O5S/c1-17(29)26(8-7-25-9-11-33-12-10-25)16-23(30)27-21(15-20(24-27)22-6-3-13-34-22)18-4-2-5-19(14-18)28(31)32/h2-6,13-14,21H,7-12,15-16H2,1H3. The van der Waals surface area contributed by atoms with Gasteiger partial charge in [0.1, 0.15) is 6.54 Å². The van der Waals surface area contributed by atoms with Gasteiger partial charge in [-0.3, -0.25) is 24.6 Å². The van der Waals surface area contributed by atoms with E-state index in [-0.39, 0.29) is 24.0 Å². The quantitative estimate of drug-likeness (QED) is 0.420. The van der Waals surface area contributed by atoms with Gasteiger partial charge in [-0.25, -0.2) is 5.01 Å². The molecule has 2 aliphatic heterocycles. The fourth-order valence-electron chi connectivity index (χ4n) is 4.11. The second kappa shape index (κ2) is 10.9. The number of carbonyl (C=O) groups excluding carboxylic acids is 2. The number of benzene rings is 1. The first-order valence-corrected chi connectivity index (χ1v) is 12.0. The molecule has 0 saturated carbocycles. The summed E-state index contributed by atoms with van der Waals surface area (Å²) in [5.41, 5.74) is 1.36. The molecule has 2 aliphatic rings. The number of thiophene rings is 1. The summed E-state index contributed by atoms with van der Waals surface area (Å²) in [5.74, 6) is -0.504. The summed E-state index contributed by atoms with van der Waals surface area (Å²) in [5, 5.41) is 19.2. The van der Waals surface area contributed by atoms with Gasteiger partial charge in [-0.15, -0.1) is 11.3 Å². The molecule has 1 unspecified atom stereocenters. The number of ether oxygens (including phenoxy) is 1. The maximum absolute atomic E-state index is 13.4. The number of morpholine rings is 1. The van der Waals surface area contributed by atoms with Crippen LogP contribution in [0.15, 0.2) is 46.9 Å². The number of rotatable bonds is 8. The summed E-state index contributed by atoms with van der Waals surface area (Å²) in [6.45, 7) is 5.37. The topological polar surface area (TPSA) is 109 Å². The number of amides is 2. The molecule has 1 atom stereocenters. The normalized spacial score (nSPS) is 18.6. The molecule has 0 bridgehead atoms. The van der Waals surface area contributed by atoms with Crippen LogP contribution in [0.5, 0.6) is 0 Å². The molecular weight excluding hydrogens is 458 g/mol. The number of nitro benzene ring substituents is 1. The second-order valence-corrected chi connectivity index (χ2v) is 9.18. The van der Waals surface area contributed by atoms with Crippen molar-refractivity contribution in [1.82, 2.24) is 14.8 Å². The van der Waals surface area contributed by atoms with Crippen molar-refractivity contribution in [3.8, 4) is 0 Å². The van der Waals surface area contributed by atoms with Crippen LogP contribution in [0.1, 0.15) is 29.8 Å². The van der Waals surface area contributed by atoms with E-state index in [0.29, 0.717) is 38.3 Å². The first kappa shape index (κ1) is 24.0. The maximum Gasteiger partial charge on any atom is 0.269 e. The molecule has 0 aliphatic carbocycles. The molecule has 4 rings (SSSR count). The molecule has 1 aromatic carbocycles. The predicted octanol–water partition coefficient (Wildman–Crippen LogP) is 2.51. The van der Waals surface area contributed by atoms with Crippen LogP contribution in [0.4, 0.5) is 5.69 Å². The maximum atomic E-state index is 13.4. The first-order chi connectivity index (χ1) is 16.4. The average Bonchev–Trinajstić information content (AvgIpc) is 3.52. The van der Waals surface area contributed by atoms with E-state index in [9.17, 15) is 19.7 Å². The second-order valence-electron chi connectivity index (χ2n) is 8.23. The van der Waals surface area contributed by atoms with Gasteiger partial charge in [0.05, 0.1) is 34.8 Å². The van der Waals surface area contributed by atoms with E-state index < -0.39 is 11.0 Å². The lowest BCUT2D eigenvalue weighted by atomic mass is 10.0. The Kier molecular flexibility index (Phi) is 7.66. The van der Waals surface area contributed by atoms with Crippen LogP contribution in [0.3, 0.4) is 0 Å². The number of carbonyl (C=O) groups is 2. The molecule has 1 saturated heterocycles. The highest BCUT2D eigenvalue weighted by atomic mass is 32.1. The van der Waals surface area contributed by atoms with Gasteiger partial charge in [0.2, 0.25) is 5.91 Å². The van der Waals surface area contributed by atoms with E-state index in [0.717, 1.165) is 23.7 Å². The van der Waals surface area contributed by atoms with Gasteiger partial charge in [-0.05, 0) is 17.0 Å². The van der Waals surface area contributed by atoms with Crippen molar-refractivity contribution in [2.24, 2.45) is 5.10 Å². The Morgan fingerprint density at radius 1 is 1.26 bits per heavy atom. The van der Waals surface area contributed by atoms with E-state index in [2.05, 4.69) is 10.0 Å². The van der Waals surface area contributed by atoms with Crippen molar-refractivity contribution in [3.05, 3.63) is 62.3 Å². The Labute approximate surface area is 201 Å². The number of hydrogen-bond donors (Lipinski definition) is 0. The van der Waals surface area contributed by atoms with Crippen molar-refractivity contribution >= 4 is 34.6 Å². The van der Waals surface area contributed by atoms with Crippen molar-refractivity contribution in [2.45, 2.75) is 19.4 Å². The molecule has 2 aromatic rings. The molecule has 180 valence electrons. The van der Waals surface area contributed by atoms with Crippen molar-refractivity contribution in [1.29, 1.82) is 0 Å². The number of nitrogens with zero attached hydrogens (tertiary/aromatic N) is 5. The molecular formula is C23H27N5O5S. The molecule has 2 amide bonds. The van der Waals surface area contributed by atoms with Gasteiger partial charge >= 0.3 is 0 Å². The summed E-state index contributed by atoms with van der Waals surface area (Å²) in [7, 11) is 0. The number of non-ortho nitro benzene ring substituents is 1. The lowest BCUT2D eigenvalue weighted by Gasteiger charge is -2.30. The minimum atomic E-state index is -0.474. The first-order valence-electron chi connectivity index (χ1n) is 11.2. The summed E-state index contributed by atoms with van der Waals surface area (Å²) < 4.78 is 5.36. The van der Waals surface area contributed by atoms with E-state index in [1.54, 1.807) is 12.1 Å². The third kappa shape index (κ3) is 5.66. The lowest BCUT2D eigenvalue weighted by Crippen LogP contribution is -2.45. The minimum absolute atomic E-state index is 0.0367. The Bertz CT molecular complexity index is 1070. The highest BCUT2D eigenvalue weighted by Crippen LogP contribution is 2.35. The summed E-state index contributed by atoms with van der Waals surface area (Å²) in [6, 6.07) is 9.67. The van der Waals surface area contributed by atoms with Crippen LogP contribution in [0, 0.1) is 10.1 Å². The highest BCUT2D eigenvalue weighted by Gasteiger charge is 2.35. The monoisotopic (exact) mass is 485 g/mol. The van der Waals surface area contributed by atoms with Gasteiger partial charge in [-0.2, -0.15) is 5.10 Å². The predicted molar refractivity (Wildman–Crippen MR) is 128 cm³/mol. The Balaban J connectivity index is 1.53. The molecule has 0 radical (unpaired) electrons. The lowest BCUT2D eigenvalue weighted by molar-refractivity contribution is -0.385. The number of nitro groups is 1. The molecule has 34 heavy (non-hydrogen) atoms. The van der Waals surface area contributed by atoms with Crippen LogP contribution in [-0.4, -0.2) is 83.2 Å². The van der Waals surface area contributed by atoms with E-state index in [1.807, 2.05) is 17.5 Å². The molecule has 0 spiro atoms. The fraction of sp³-hybridized carbons (Fsp3) is 0.435. The van der Waals surface area contributed by atoms with E-state index >= 15 is 0 Å². The van der Waals surface area contributed by atoms with Crippen LogP contribution in [0.25, 0.3) is 0 Å². The molecule has 1 aromatic heterocycles. The number of hydrazone groups is 1. The van der Waals surface area contributed by atoms with Gasteiger partial charge in [0.15, 0.2) is 0 Å². The van der Waals surface area contributed by atoms with E-state index in [4.69, 9.17) is 4.74 Å². The molecule has 3 heterocycles. The third-order valence-electron chi connectivity index (χ3n) is 6.00. The highest BCUT2D eigenvalue weighted by molar-refractivity contribution is 7.12. The van der Waals surface area contributed by atoms with Gasteiger partial charge in [-0.1, -0.05) is 18.2 Å². The smallest absolute Gasteiger partial charge is 0.269 e. The van der Waals surface area contributed by atoms with Crippen LogP contribution in [0.2, 0.25) is 0 Å². The zero-order valence-corrected chi connectivity index (χ0v) is 19.8. The molecule has 0 N–H and O–H groups in total. The molecule has 1 fully saturated rings. The Morgan fingerprint density at radius 2 is 2.06 bits per heavy atom. The average molecular weight is 486 g/mol. The zero-order valence-electron chi connectivity index (χ0n) is 19.0. The van der Waals surface area contributed by atoms with Gasteiger partial charge < -0.3 is 9.64 Å². The van der Waals surface area contributed by atoms with Crippen LogP contribution in [-0.2, 0) is 14.3 Å². The molecule has 10 nitrogen and oxygen atoms in total. The van der Waals surface area contributed by atoms with Gasteiger partial charge in [0.25, 0.3) is 11.6 Å². The fourth-order valence-corrected chi connectivity index (χ4v) is 4.83. The van der Waals surface area contributed by atoms with Crippen molar-refractivity contribution in [2.75, 3.05) is 45.9 Å². The summed E-state index contributed by atoms with van der Waals surface area (Å²) in [6.07, 6.45) is 0.446. The van der Waals surface area contributed by atoms with Crippen LogP contribution < -0.4 is 0 Å². The Morgan fingerprint density at radius 3 is 2.74 bits per heavy atom. The number of hydrogen-bond acceptors (Lipinski definition) is 8. The third-order valence-corrected chi connectivity index (χ3v) is 6.92. The van der Waals surface area contributed by atoms with Crippen molar-refractivity contribution < 1.29 is 19.2 Å². The Hall–Kier alpha value is -3.15.